The van der Waals surface area contributed by atoms with Gasteiger partial charge in [-0.25, -0.2) is 0 Å². The highest BCUT2D eigenvalue weighted by Gasteiger charge is 2.16. The molecule has 2 aromatic carbocycles. The Bertz CT molecular complexity index is 681. The minimum absolute atomic E-state index is 0.235. The standard InChI is InChI=1S/C18H19NO2/c1-12(14-6-8-17-18(10-14)21-11-20-17)19-16-7-5-13-3-2-4-15(13)9-16/h5-10,12,19H,2-4,11H2,1H3. The monoisotopic (exact) mass is 281 g/mol. The van der Waals surface area contributed by atoms with Crippen LogP contribution in [0, 0.1) is 0 Å². The van der Waals surface area contributed by atoms with E-state index in [1.807, 2.05) is 6.07 Å². The van der Waals surface area contributed by atoms with Gasteiger partial charge in [0, 0.05) is 11.7 Å². The van der Waals surface area contributed by atoms with E-state index < -0.39 is 0 Å². The van der Waals surface area contributed by atoms with Gasteiger partial charge >= 0.3 is 0 Å². The van der Waals surface area contributed by atoms with Crippen LogP contribution in [0.25, 0.3) is 0 Å². The van der Waals surface area contributed by atoms with Gasteiger partial charge in [0.2, 0.25) is 6.79 Å². The summed E-state index contributed by atoms with van der Waals surface area (Å²) in [5.41, 5.74) is 5.41. The van der Waals surface area contributed by atoms with Crippen molar-refractivity contribution in [2.24, 2.45) is 0 Å². The lowest BCUT2D eigenvalue weighted by atomic mass is 10.1. The van der Waals surface area contributed by atoms with Crippen LogP contribution in [0.1, 0.15) is 36.1 Å². The molecule has 21 heavy (non-hydrogen) atoms. The van der Waals surface area contributed by atoms with E-state index in [-0.39, 0.29) is 6.04 Å². The van der Waals surface area contributed by atoms with Gasteiger partial charge in [0.1, 0.15) is 0 Å². The van der Waals surface area contributed by atoms with E-state index in [0.717, 1.165) is 11.5 Å². The fraction of sp³-hybridized carbons (Fsp3) is 0.333. The van der Waals surface area contributed by atoms with Crippen molar-refractivity contribution in [1.29, 1.82) is 0 Å². The maximum atomic E-state index is 5.45. The van der Waals surface area contributed by atoms with E-state index in [4.69, 9.17) is 9.47 Å². The molecule has 0 saturated heterocycles. The first-order valence-electron chi connectivity index (χ1n) is 7.57. The molecule has 108 valence electrons. The predicted octanol–water partition coefficient (Wildman–Crippen LogP) is 4.08. The molecule has 1 N–H and O–H groups in total. The van der Waals surface area contributed by atoms with Crippen LogP contribution in [0.4, 0.5) is 5.69 Å². The van der Waals surface area contributed by atoms with Gasteiger partial charge in [0.25, 0.3) is 0 Å². The van der Waals surface area contributed by atoms with E-state index in [1.165, 1.54) is 41.6 Å². The van der Waals surface area contributed by atoms with Crippen LogP contribution < -0.4 is 14.8 Å². The van der Waals surface area contributed by atoms with Crippen LogP contribution in [0.2, 0.25) is 0 Å². The van der Waals surface area contributed by atoms with E-state index >= 15 is 0 Å². The summed E-state index contributed by atoms with van der Waals surface area (Å²) in [6.07, 6.45) is 3.73. The second-order valence-electron chi connectivity index (χ2n) is 5.82. The summed E-state index contributed by atoms with van der Waals surface area (Å²) >= 11 is 0. The van der Waals surface area contributed by atoms with Gasteiger partial charge in [0.15, 0.2) is 11.5 Å². The van der Waals surface area contributed by atoms with Crippen molar-refractivity contribution in [3.05, 3.63) is 53.1 Å². The summed E-state index contributed by atoms with van der Waals surface area (Å²) in [4.78, 5) is 0. The first kappa shape index (κ1) is 12.6. The second kappa shape index (κ2) is 4.99. The molecule has 0 bridgehead atoms. The minimum Gasteiger partial charge on any atom is -0.454 e. The highest BCUT2D eigenvalue weighted by atomic mass is 16.7. The molecule has 1 heterocycles. The molecular weight excluding hydrogens is 262 g/mol. The molecule has 3 nitrogen and oxygen atoms in total. The summed E-state index contributed by atoms with van der Waals surface area (Å²) in [5.74, 6) is 1.68. The molecule has 1 atom stereocenters. The normalized spacial score (nSPS) is 16.6. The Morgan fingerprint density at radius 1 is 0.952 bits per heavy atom. The predicted molar refractivity (Wildman–Crippen MR) is 83.1 cm³/mol. The summed E-state index contributed by atoms with van der Waals surface area (Å²) in [6, 6.07) is 13.1. The number of hydrogen-bond donors (Lipinski definition) is 1. The fourth-order valence-electron chi connectivity index (χ4n) is 3.18. The van der Waals surface area contributed by atoms with Crippen molar-refractivity contribution in [1.82, 2.24) is 0 Å². The number of hydrogen-bond acceptors (Lipinski definition) is 3. The zero-order valence-corrected chi connectivity index (χ0v) is 12.2. The number of benzene rings is 2. The quantitative estimate of drug-likeness (QED) is 0.919. The lowest BCUT2D eigenvalue weighted by molar-refractivity contribution is 0.174. The van der Waals surface area contributed by atoms with Gasteiger partial charge in [-0.2, -0.15) is 0 Å². The summed E-state index contributed by atoms with van der Waals surface area (Å²) in [6.45, 7) is 2.50. The molecule has 0 fully saturated rings. The first-order valence-corrected chi connectivity index (χ1v) is 7.57. The molecule has 3 heteroatoms. The topological polar surface area (TPSA) is 30.5 Å². The number of anilines is 1. The van der Waals surface area contributed by atoms with E-state index in [9.17, 15) is 0 Å². The van der Waals surface area contributed by atoms with Crippen LogP contribution in [-0.4, -0.2) is 6.79 Å². The molecule has 1 unspecified atom stereocenters. The third-order valence-electron chi connectivity index (χ3n) is 4.38. The SMILES string of the molecule is CC(Nc1ccc2c(c1)CCC2)c1ccc2c(c1)OCO2. The van der Waals surface area contributed by atoms with Crippen LogP contribution in [0.3, 0.4) is 0 Å². The Kier molecular flexibility index (Phi) is 2.99. The largest absolute Gasteiger partial charge is 0.454 e. The number of ether oxygens (including phenoxy) is 2. The number of fused-ring (bicyclic) bond motifs is 2. The molecule has 0 saturated carbocycles. The summed E-state index contributed by atoms with van der Waals surface area (Å²) in [7, 11) is 0. The van der Waals surface area contributed by atoms with Gasteiger partial charge in [-0.05, 0) is 67.1 Å². The minimum atomic E-state index is 0.235. The second-order valence-corrected chi connectivity index (χ2v) is 5.82. The molecular formula is C18H19NO2. The van der Waals surface area contributed by atoms with Crippen molar-refractivity contribution in [3.8, 4) is 11.5 Å². The van der Waals surface area contributed by atoms with Gasteiger partial charge < -0.3 is 14.8 Å². The fourth-order valence-corrected chi connectivity index (χ4v) is 3.18. The van der Waals surface area contributed by atoms with Crippen LogP contribution in [-0.2, 0) is 12.8 Å². The first-order chi connectivity index (χ1) is 10.3. The highest BCUT2D eigenvalue weighted by molar-refractivity contribution is 5.52. The molecule has 4 rings (SSSR count). The van der Waals surface area contributed by atoms with Crippen molar-refractivity contribution in [2.45, 2.75) is 32.2 Å². The van der Waals surface area contributed by atoms with Gasteiger partial charge in [-0.3, -0.25) is 0 Å². The molecule has 2 aromatic rings. The molecule has 0 amide bonds. The summed E-state index contributed by atoms with van der Waals surface area (Å²) < 4.78 is 10.8. The Morgan fingerprint density at radius 3 is 2.76 bits per heavy atom. The van der Waals surface area contributed by atoms with Crippen molar-refractivity contribution in [2.75, 3.05) is 12.1 Å². The summed E-state index contributed by atoms with van der Waals surface area (Å²) in [5, 5.41) is 3.58. The lowest BCUT2D eigenvalue weighted by Gasteiger charge is -2.17. The Morgan fingerprint density at radius 2 is 1.81 bits per heavy atom. The zero-order chi connectivity index (χ0) is 14.2. The van der Waals surface area contributed by atoms with Gasteiger partial charge in [-0.15, -0.1) is 0 Å². The Hall–Kier alpha value is -2.16. The average molecular weight is 281 g/mol. The van der Waals surface area contributed by atoms with Crippen molar-refractivity contribution < 1.29 is 9.47 Å². The zero-order valence-electron chi connectivity index (χ0n) is 12.2. The lowest BCUT2D eigenvalue weighted by Crippen LogP contribution is -2.06. The molecule has 0 radical (unpaired) electrons. The average Bonchev–Trinajstić information content (AvgIpc) is 3.14. The van der Waals surface area contributed by atoms with Crippen molar-refractivity contribution in [3.63, 3.8) is 0 Å². The van der Waals surface area contributed by atoms with E-state index in [2.05, 4.69) is 42.6 Å². The molecule has 1 aliphatic heterocycles. The van der Waals surface area contributed by atoms with Crippen molar-refractivity contribution >= 4 is 5.69 Å². The number of rotatable bonds is 3. The van der Waals surface area contributed by atoms with E-state index in [1.54, 1.807) is 0 Å². The molecule has 0 spiro atoms. The number of nitrogens with one attached hydrogen (secondary N) is 1. The Labute approximate surface area is 124 Å². The van der Waals surface area contributed by atoms with Crippen LogP contribution in [0.5, 0.6) is 11.5 Å². The van der Waals surface area contributed by atoms with Gasteiger partial charge in [-0.1, -0.05) is 12.1 Å². The molecule has 2 aliphatic rings. The molecule has 1 aliphatic carbocycles. The third kappa shape index (κ3) is 2.33. The molecule has 0 aromatic heterocycles. The maximum absolute atomic E-state index is 5.45. The van der Waals surface area contributed by atoms with E-state index in [0.29, 0.717) is 6.79 Å². The smallest absolute Gasteiger partial charge is 0.231 e. The van der Waals surface area contributed by atoms with Crippen LogP contribution >= 0.6 is 0 Å². The van der Waals surface area contributed by atoms with Crippen LogP contribution in [0.15, 0.2) is 36.4 Å². The highest BCUT2D eigenvalue weighted by Crippen LogP contribution is 2.35. The number of aryl methyl sites for hydroxylation is 2. The maximum Gasteiger partial charge on any atom is 0.231 e. The Balaban J connectivity index is 1.54. The van der Waals surface area contributed by atoms with Gasteiger partial charge in [0.05, 0.1) is 0 Å². The third-order valence-corrected chi connectivity index (χ3v) is 4.38.